The van der Waals surface area contributed by atoms with Gasteiger partial charge in [-0.15, -0.1) is 0 Å². The van der Waals surface area contributed by atoms with Gasteiger partial charge in [0.1, 0.15) is 10.6 Å². The van der Waals surface area contributed by atoms with E-state index in [1.165, 1.54) is 11.4 Å². The zero-order chi connectivity index (χ0) is 24.2. The Morgan fingerprint density at radius 2 is 1.58 bits per heavy atom. The number of ether oxygens (including phenoxy) is 3. The third kappa shape index (κ3) is 5.42. The van der Waals surface area contributed by atoms with Crippen molar-refractivity contribution < 1.29 is 27.4 Å². The third-order valence-electron chi connectivity index (χ3n) is 6.03. The first-order chi connectivity index (χ1) is 15.7. The van der Waals surface area contributed by atoms with Crippen LogP contribution < -0.4 is 19.5 Å². The summed E-state index contributed by atoms with van der Waals surface area (Å²) in [5.74, 6) is 1.21. The minimum Gasteiger partial charge on any atom is -0.495 e. The Balaban J connectivity index is 1.64. The molecule has 0 bridgehead atoms. The van der Waals surface area contributed by atoms with Gasteiger partial charge < -0.3 is 19.5 Å². The van der Waals surface area contributed by atoms with Gasteiger partial charge in [0, 0.05) is 19.0 Å². The standard InChI is InChI=1S/C24H32N2O6S/c1-16-6-8-21(31-4)23(14-16)33(28,29)26-12-10-18(11-13-26)24(27)25-17(2)19-7-9-20(30-3)22(15-19)32-5/h6-9,14-15,17-18H,10-13H2,1-5H3,(H,25,27). The van der Waals surface area contributed by atoms with Crippen molar-refractivity contribution in [1.82, 2.24) is 9.62 Å². The van der Waals surface area contributed by atoms with Crippen LogP contribution >= 0.6 is 0 Å². The van der Waals surface area contributed by atoms with Crippen molar-refractivity contribution in [2.45, 2.75) is 37.6 Å². The number of aryl methyl sites for hydroxylation is 1. The maximum absolute atomic E-state index is 13.2. The summed E-state index contributed by atoms with van der Waals surface area (Å²) < 4.78 is 43.7. The second-order valence-corrected chi connectivity index (χ2v) is 10.1. The van der Waals surface area contributed by atoms with E-state index in [2.05, 4.69) is 5.32 Å². The van der Waals surface area contributed by atoms with Crippen LogP contribution in [-0.4, -0.2) is 53.0 Å². The molecule has 1 aliphatic heterocycles. The second kappa shape index (κ2) is 10.4. The van der Waals surface area contributed by atoms with Crippen LogP contribution in [0.5, 0.6) is 17.2 Å². The molecule has 0 aliphatic carbocycles. The van der Waals surface area contributed by atoms with E-state index in [1.54, 1.807) is 32.4 Å². The molecule has 1 fully saturated rings. The smallest absolute Gasteiger partial charge is 0.246 e. The summed E-state index contributed by atoms with van der Waals surface area (Å²) in [4.78, 5) is 13.0. The number of nitrogens with one attached hydrogen (secondary N) is 1. The Kier molecular flexibility index (Phi) is 7.86. The van der Waals surface area contributed by atoms with Crippen LogP contribution in [0, 0.1) is 12.8 Å². The van der Waals surface area contributed by atoms with Gasteiger partial charge in [0.05, 0.1) is 27.4 Å². The summed E-state index contributed by atoms with van der Waals surface area (Å²) in [6.45, 7) is 4.31. The first kappa shape index (κ1) is 24.9. The highest BCUT2D eigenvalue weighted by Gasteiger charge is 2.34. The van der Waals surface area contributed by atoms with Crippen molar-refractivity contribution >= 4 is 15.9 Å². The molecule has 0 aromatic heterocycles. The highest BCUT2D eigenvalue weighted by Crippen LogP contribution is 2.32. The lowest BCUT2D eigenvalue weighted by molar-refractivity contribution is -0.126. The molecule has 1 amide bonds. The predicted molar refractivity (Wildman–Crippen MR) is 125 cm³/mol. The predicted octanol–water partition coefficient (Wildman–Crippen LogP) is 3.30. The molecule has 1 atom stereocenters. The number of rotatable bonds is 8. The largest absolute Gasteiger partial charge is 0.495 e. The molecule has 9 heteroatoms. The van der Waals surface area contributed by atoms with Gasteiger partial charge >= 0.3 is 0 Å². The van der Waals surface area contributed by atoms with Crippen molar-refractivity contribution in [3.8, 4) is 17.2 Å². The molecule has 2 aromatic carbocycles. The Morgan fingerprint density at radius 1 is 0.970 bits per heavy atom. The van der Waals surface area contributed by atoms with E-state index in [-0.39, 0.29) is 35.9 Å². The third-order valence-corrected chi connectivity index (χ3v) is 7.95. The van der Waals surface area contributed by atoms with Crippen molar-refractivity contribution in [2.75, 3.05) is 34.4 Å². The van der Waals surface area contributed by atoms with E-state index in [9.17, 15) is 13.2 Å². The van der Waals surface area contributed by atoms with Crippen LogP contribution in [0.2, 0.25) is 0 Å². The van der Waals surface area contributed by atoms with Crippen molar-refractivity contribution in [3.63, 3.8) is 0 Å². The zero-order valence-electron chi connectivity index (χ0n) is 19.8. The lowest BCUT2D eigenvalue weighted by Gasteiger charge is -2.31. The van der Waals surface area contributed by atoms with Gasteiger partial charge in [-0.3, -0.25) is 4.79 Å². The fourth-order valence-corrected chi connectivity index (χ4v) is 5.73. The van der Waals surface area contributed by atoms with Gasteiger partial charge in [0.25, 0.3) is 0 Å². The highest BCUT2D eigenvalue weighted by molar-refractivity contribution is 7.89. The number of benzene rings is 2. The average molecular weight is 477 g/mol. The molecule has 1 N–H and O–H groups in total. The summed E-state index contributed by atoms with van der Waals surface area (Å²) >= 11 is 0. The van der Waals surface area contributed by atoms with Crippen LogP contribution in [0.3, 0.4) is 0 Å². The lowest BCUT2D eigenvalue weighted by Crippen LogP contribution is -2.43. The minimum absolute atomic E-state index is 0.0810. The van der Waals surface area contributed by atoms with E-state index in [4.69, 9.17) is 14.2 Å². The number of amides is 1. The van der Waals surface area contributed by atoms with Gasteiger partial charge in [0.15, 0.2) is 11.5 Å². The van der Waals surface area contributed by atoms with Gasteiger partial charge in [-0.2, -0.15) is 4.31 Å². The first-order valence-corrected chi connectivity index (χ1v) is 12.3. The van der Waals surface area contributed by atoms with Crippen LogP contribution in [0.1, 0.15) is 36.9 Å². The van der Waals surface area contributed by atoms with E-state index in [0.29, 0.717) is 30.1 Å². The van der Waals surface area contributed by atoms with E-state index in [1.807, 2.05) is 32.0 Å². The summed E-state index contributed by atoms with van der Waals surface area (Å²) in [7, 11) is 0.894. The molecule has 3 rings (SSSR count). The Hall–Kier alpha value is -2.78. The van der Waals surface area contributed by atoms with Crippen molar-refractivity contribution in [2.24, 2.45) is 5.92 Å². The van der Waals surface area contributed by atoms with Crippen LogP contribution in [0.15, 0.2) is 41.3 Å². The maximum Gasteiger partial charge on any atom is 0.246 e. The van der Waals surface area contributed by atoms with Crippen molar-refractivity contribution in [1.29, 1.82) is 0 Å². The van der Waals surface area contributed by atoms with Crippen LogP contribution in [-0.2, 0) is 14.8 Å². The molecule has 1 aliphatic rings. The Morgan fingerprint density at radius 3 is 2.18 bits per heavy atom. The first-order valence-electron chi connectivity index (χ1n) is 10.9. The topological polar surface area (TPSA) is 94.2 Å². The second-order valence-electron chi connectivity index (χ2n) is 8.18. The number of hydrogen-bond donors (Lipinski definition) is 1. The zero-order valence-corrected chi connectivity index (χ0v) is 20.6. The molecule has 8 nitrogen and oxygen atoms in total. The number of carbonyl (C=O) groups is 1. The minimum atomic E-state index is -3.71. The van der Waals surface area contributed by atoms with Crippen molar-refractivity contribution in [3.05, 3.63) is 47.5 Å². The summed E-state index contributed by atoms with van der Waals surface area (Å²) in [6.07, 6.45) is 0.912. The van der Waals surface area contributed by atoms with E-state index < -0.39 is 10.0 Å². The Labute approximate surface area is 195 Å². The fraction of sp³-hybridized carbons (Fsp3) is 0.458. The molecule has 1 saturated heterocycles. The summed E-state index contributed by atoms with van der Waals surface area (Å²) in [6, 6.07) is 10.4. The molecule has 33 heavy (non-hydrogen) atoms. The normalized spacial score (nSPS) is 16.2. The molecule has 0 saturated carbocycles. The highest BCUT2D eigenvalue weighted by atomic mass is 32.2. The monoisotopic (exact) mass is 476 g/mol. The average Bonchev–Trinajstić information content (AvgIpc) is 2.83. The number of methoxy groups -OCH3 is 3. The molecule has 180 valence electrons. The van der Waals surface area contributed by atoms with E-state index in [0.717, 1.165) is 11.1 Å². The molecular weight excluding hydrogens is 444 g/mol. The molecular formula is C24H32N2O6S. The van der Waals surface area contributed by atoms with Gasteiger partial charge in [-0.1, -0.05) is 12.1 Å². The summed E-state index contributed by atoms with van der Waals surface area (Å²) in [5, 5.41) is 3.04. The van der Waals surface area contributed by atoms with Crippen LogP contribution in [0.4, 0.5) is 0 Å². The van der Waals surface area contributed by atoms with Crippen LogP contribution in [0.25, 0.3) is 0 Å². The van der Waals surface area contributed by atoms with Gasteiger partial charge in [0.2, 0.25) is 15.9 Å². The number of sulfonamides is 1. The SMILES string of the molecule is COc1ccc(C(C)NC(=O)C2CCN(S(=O)(=O)c3cc(C)ccc3OC)CC2)cc1OC. The maximum atomic E-state index is 13.2. The van der Waals surface area contributed by atoms with E-state index >= 15 is 0 Å². The van der Waals surface area contributed by atoms with Gasteiger partial charge in [-0.25, -0.2) is 8.42 Å². The number of nitrogens with zero attached hydrogens (tertiary/aromatic N) is 1. The molecule has 0 spiro atoms. The summed E-state index contributed by atoms with van der Waals surface area (Å²) in [5.41, 5.74) is 1.74. The molecule has 1 heterocycles. The molecule has 2 aromatic rings. The number of hydrogen-bond acceptors (Lipinski definition) is 6. The molecule has 0 radical (unpaired) electrons. The Bertz CT molecular complexity index is 1090. The van der Waals surface area contributed by atoms with Gasteiger partial charge in [-0.05, 0) is 62.1 Å². The number of carbonyl (C=O) groups excluding carboxylic acids is 1. The quantitative estimate of drug-likeness (QED) is 0.628. The molecule has 1 unspecified atom stereocenters. The fourth-order valence-electron chi connectivity index (χ4n) is 4.02. The lowest BCUT2D eigenvalue weighted by atomic mass is 9.96. The number of piperidine rings is 1.